The predicted molar refractivity (Wildman–Crippen MR) is 90.9 cm³/mol. The molecule has 0 spiro atoms. The lowest BCUT2D eigenvalue weighted by molar-refractivity contribution is 0.161. The molecule has 20 heavy (non-hydrogen) atoms. The molecular formula is C14H30N4OS. The highest BCUT2D eigenvalue weighted by molar-refractivity contribution is 7.98. The Labute approximate surface area is 128 Å². The fourth-order valence-corrected chi connectivity index (χ4v) is 1.81. The smallest absolute Gasteiger partial charge is 0.191 e. The highest BCUT2D eigenvalue weighted by Gasteiger charge is 1.99. The summed E-state index contributed by atoms with van der Waals surface area (Å²) in [4.78, 5) is 6.83. The second kappa shape index (κ2) is 14.7. The Morgan fingerprint density at radius 3 is 2.85 bits per heavy atom. The molecule has 0 aromatic carbocycles. The number of methoxy groups -OCH3 is 1. The SMILES string of the molecule is C=CCNC(=NCCCN(C)CCOC)NCCSC. The minimum atomic E-state index is 0.735. The van der Waals surface area contributed by atoms with Crippen LogP contribution in [0.1, 0.15) is 6.42 Å². The summed E-state index contributed by atoms with van der Waals surface area (Å²) in [7, 11) is 3.84. The summed E-state index contributed by atoms with van der Waals surface area (Å²) in [5.41, 5.74) is 0. The normalized spacial score (nSPS) is 11.7. The highest BCUT2D eigenvalue weighted by Crippen LogP contribution is 1.90. The van der Waals surface area contributed by atoms with E-state index in [2.05, 4.69) is 40.4 Å². The summed E-state index contributed by atoms with van der Waals surface area (Å²) in [6, 6.07) is 0. The van der Waals surface area contributed by atoms with Crippen molar-refractivity contribution in [2.24, 2.45) is 4.99 Å². The first-order valence-electron chi connectivity index (χ1n) is 7.04. The standard InChI is InChI=1S/C14H30N4OS/c1-5-7-15-14(17-9-13-20-4)16-8-6-10-18(2)11-12-19-3/h5H,1,6-13H2,2-4H3,(H2,15,16,17). The van der Waals surface area contributed by atoms with E-state index >= 15 is 0 Å². The number of likely N-dealkylation sites (N-methyl/N-ethyl adjacent to an activating group) is 1. The van der Waals surface area contributed by atoms with Crippen molar-refractivity contribution in [2.75, 3.05) is 65.5 Å². The Morgan fingerprint density at radius 1 is 1.40 bits per heavy atom. The van der Waals surface area contributed by atoms with Gasteiger partial charge in [0.2, 0.25) is 0 Å². The number of hydrogen-bond acceptors (Lipinski definition) is 4. The van der Waals surface area contributed by atoms with Gasteiger partial charge in [-0.05, 0) is 26.3 Å². The minimum Gasteiger partial charge on any atom is -0.383 e. The third-order valence-corrected chi connectivity index (χ3v) is 3.27. The molecule has 0 aliphatic heterocycles. The molecule has 0 unspecified atom stereocenters. The first kappa shape index (κ1) is 19.3. The molecule has 0 aliphatic rings. The van der Waals surface area contributed by atoms with Crippen LogP contribution in [0.4, 0.5) is 0 Å². The number of hydrogen-bond donors (Lipinski definition) is 2. The molecule has 0 atom stereocenters. The molecule has 0 aromatic heterocycles. The molecule has 0 aromatic rings. The minimum absolute atomic E-state index is 0.735. The molecule has 118 valence electrons. The average Bonchev–Trinajstić information content (AvgIpc) is 2.46. The summed E-state index contributed by atoms with van der Waals surface area (Å²) < 4.78 is 5.06. The second-order valence-corrected chi connectivity index (χ2v) is 5.45. The molecule has 6 heteroatoms. The molecule has 5 nitrogen and oxygen atoms in total. The number of nitrogens with one attached hydrogen (secondary N) is 2. The van der Waals surface area contributed by atoms with Gasteiger partial charge in [-0.25, -0.2) is 0 Å². The molecule has 0 aliphatic carbocycles. The first-order chi connectivity index (χ1) is 9.74. The number of ether oxygens (including phenoxy) is 1. The molecule has 0 saturated heterocycles. The van der Waals surface area contributed by atoms with Crippen LogP contribution in [0.15, 0.2) is 17.6 Å². The molecule has 2 N–H and O–H groups in total. The van der Waals surface area contributed by atoms with Gasteiger partial charge in [0.15, 0.2) is 5.96 Å². The number of rotatable bonds is 12. The van der Waals surface area contributed by atoms with Gasteiger partial charge < -0.3 is 20.3 Å². The Balaban J connectivity index is 3.88. The van der Waals surface area contributed by atoms with Crippen LogP contribution < -0.4 is 10.6 Å². The third kappa shape index (κ3) is 12.3. The van der Waals surface area contributed by atoms with Crippen LogP contribution in [-0.2, 0) is 4.74 Å². The molecule has 0 fully saturated rings. The summed E-state index contributed by atoms with van der Waals surface area (Å²) in [5.74, 6) is 1.95. The zero-order chi connectivity index (χ0) is 15.1. The Bertz CT molecular complexity index is 262. The van der Waals surface area contributed by atoms with Gasteiger partial charge >= 0.3 is 0 Å². The van der Waals surface area contributed by atoms with Crippen LogP contribution in [-0.4, -0.2) is 76.4 Å². The summed E-state index contributed by atoms with van der Waals surface area (Å²) in [5, 5.41) is 6.54. The maximum atomic E-state index is 5.06. The van der Waals surface area contributed by atoms with Crippen LogP contribution in [0.25, 0.3) is 0 Å². The molecule has 0 saturated carbocycles. The van der Waals surface area contributed by atoms with E-state index < -0.39 is 0 Å². The topological polar surface area (TPSA) is 48.9 Å². The van der Waals surface area contributed by atoms with Gasteiger partial charge in [0.25, 0.3) is 0 Å². The van der Waals surface area contributed by atoms with E-state index in [4.69, 9.17) is 4.74 Å². The molecule has 0 amide bonds. The lowest BCUT2D eigenvalue weighted by Crippen LogP contribution is -2.38. The lowest BCUT2D eigenvalue weighted by atomic mass is 10.4. The van der Waals surface area contributed by atoms with Crippen LogP contribution in [0, 0.1) is 0 Å². The van der Waals surface area contributed by atoms with Gasteiger partial charge in [0.1, 0.15) is 0 Å². The quantitative estimate of drug-likeness (QED) is 0.244. The monoisotopic (exact) mass is 302 g/mol. The number of aliphatic imine (C=N–C) groups is 1. The molecular weight excluding hydrogens is 272 g/mol. The van der Waals surface area contributed by atoms with Gasteiger partial charge in [-0.2, -0.15) is 11.8 Å². The fraction of sp³-hybridized carbons (Fsp3) is 0.786. The maximum Gasteiger partial charge on any atom is 0.191 e. The number of nitrogens with zero attached hydrogens (tertiary/aromatic N) is 2. The molecule has 0 heterocycles. The average molecular weight is 302 g/mol. The van der Waals surface area contributed by atoms with Gasteiger partial charge in [0.05, 0.1) is 6.61 Å². The largest absolute Gasteiger partial charge is 0.383 e. The van der Waals surface area contributed by atoms with E-state index in [9.17, 15) is 0 Å². The van der Waals surface area contributed by atoms with Crippen molar-refractivity contribution in [3.05, 3.63) is 12.7 Å². The van der Waals surface area contributed by atoms with E-state index in [-0.39, 0.29) is 0 Å². The van der Waals surface area contributed by atoms with Crippen molar-refractivity contribution >= 4 is 17.7 Å². The Hall–Kier alpha value is -0.720. The third-order valence-electron chi connectivity index (χ3n) is 2.66. The van der Waals surface area contributed by atoms with E-state index in [0.717, 1.165) is 57.5 Å². The Morgan fingerprint density at radius 2 is 2.20 bits per heavy atom. The first-order valence-corrected chi connectivity index (χ1v) is 8.43. The van der Waals surface area contributed by atoms with Gasteiger partial charge in [-0.1, -0.05) is 6.08 Å². The van der Waals surface area contributed by atoms with E-state index in [1.807, 2.05) is 17.8 Å². The van der Waals surface area contributed by atoms with Crippen molar-refractivity contribution in [2.45, 2.75) is 6.42 Å². The van der Waals surface area contributed by atoms with Crippen molar-refractivity contribution in [1.82, 2.24) is 15.5 Å². The second-order valence-electron chi connectivity index (χ2n) is 4.47. The van der Waals surface area contributed by atoms with Crippen molar-refractivity contribution < 1.29 is 4.74 Å². The van der Waals surface area contributed by atoms with E-state index in [1.54, 1.807) is 7.11 Å². The fourth-order valence-electron chi connectivity index (χ4n) is 1.51. The van der Waals surface area contributed by atoms with Gasteiger partial charge in [-0.15, -0.1) is 6.58 Å². The molecule has 0 radical (unpaired) electrons. The van der Waals surface area contributed by atoms with Gasteiger partial charge in [0, 0.05) is 39.0 Å². The summed E-state index contributed by atoms with van der Waals surface area (Å²) in [6.07, 6.45) is 4.99. The van der Waals surface area contributed by atoms with Crippen LogP contribution in [0.5, 0.6) is 0 Å². The van der Waals surface area contributed by atoms with Gasteiger partial charge in [-0.3, -0.25) is 4.99 Å². The van der Waals surface area contributed by atoms with Crippen LogP contribution >= 0.6 is 11.8 Å². The Kier molecular flexibility index (Phi) is 14.2. The predicted octanol–water partition coefficient (Wildman–Crippen LogP) is 1.04. The van der Waals surface area contributed by atoms with Crippen molar-refractivity contribution in [3.8, 4) is 0 Å². The van der Waals surface area contributed by atoms with E-state index in [0.29, 0.717) is 0 Å². The van der Waals surface area contributed by atoms with Crippen molar-refractivity contribution in [3.63, 3.8) is 0 Å². The highest BCUT2D eigenvalue weighted by atomic mass is 32.2. The zero-order valence-corrected chi connectivity index (χ0v) is 14.0. The van der Waals surface area contributed by atoms with Crippen LogP contribution in [0.3, 0.4) is 0 Å². The maximum absolute atomic E-state index is 5.06. The summed E-state index contributed by atoms with van der Waals surface area (Å²) in [6.45, 7) is 8.98. The number of guanidine groups is 1. The van der Waals surface area contributed by atoms with Crippen molar-refractivity contribution in [1.29, 1.82) is 0 Å². The lowest BCUT2D eigenvalue weighted by Gasteiger charge is -2.15. The molecule has 0 rings (SSSR count). The number of thioether (sulfide) groups is 1. The molecule has 0 bridgehead atoms. The van der Waals surface area contributed by atoms with Crippen LogP contribution in [0.2, 0.25) is 0 Å². The summed E-state index contributed by atoms with van der Waals surface area (Å²) >= 11 is 1.82. The zero-order valence-electron chi connectivity index (χ0n) is 13.2. The van der Waals surface area contributed by atoms with E-state index in [1.165, 1.54) is 0 Å².